The van der Waals surface area contributed by atoms with Crippen LogP contribution in [0.5, 0.6) is 17.2 Å². The second-order valence-electron chi connectivity index (χ2n) is 6.91. The lowest BCUT2D eigenvalue weighted by atomic mass is 9.94. The number of nitrogens with one attached hydrogen (secondary N) is 2. The van der Waals surface area contributed by atoms with Crippen LogP contribution in [0.15, 0.2) is 52.1 Å². The molecule has 0 radical (unpaired) electrons. The van der Waals surface area contributed by atoms with Gasteiger partial charge in [-0.25, -0.2) is 0 Å². The molecule has 1 aromatic heterocycles. The second-order valence-corrected chi connectivity index (χ2v) is 7.76. The Morgan fingerprint density at radius 3 is 2.59 bits per heavy atom. The molecular weight excluding hydrogens is 480 g/mol. The summed E-state index contributed by atoms with van der Waals surface area (Å²) in [5.41, 5.74) is 2.34. The van der Waals surface area contributed by atoms with Crippen molar-refractivity contribution in [1.82, 2.24) is 20.2 Å². The van der Waals surface area contributed by atoms with E-state index in [2.05, 4.69) is 42.1 Å². The van der Waals surface area contributed by atoms with Crippen molar-refractivity contribution < 1.29 is 19.0 Å². The van der Waals surface area contributed by atoms with Gasteiger partial charge < -0.3 is 24.8 Å². The Morgan fingerprint density at radius 2 is 1.88 bits per heavy atom. The monoisotopic (exact) mass is 500 g/mol. The lowest BCUT2D eigenvalue weighted by Gasteiger charge is -2.28. The van der Waals surface area contributed by atoms with Crippen molar-refractivity contribution >= 4 is 33.5 Å². The van der Waals surface area contributed by atoms with E-state index in [0.29, 0.717) is 44.6 Å². The highest BCUT2D eigenvalue weighted by molar-refractivity contribution is 9.10. The van der Waals surface area contributed by atoms with Gasteiger partial charge in [0.25, 0.3) is 5.91 Å². The fourth-order valence-corrected chi connectivity index (χ4v) is 4.27. The second kappa shape index (κ2) is 8.87. The minimum absolute atomic E-state index is 0.323. The summed E-state index contributed by atoms with van der Waals surface area (Å²) in [5.74, 6) is 1.70. The van der Waals surface area contributed by atoms with Crippen LogP contribution in [0.4, 0.5) is 11.6 Å². The van der Waals surface area contributed by atoms with E-state index in [9.17, 15) is 4.79 Å². The van der Waals surface area contributed by atoms with Crippen LogP contribution >= 0.6 is 15.9 Å². The Balaban J connectivity index is 1.82. The largest absolute Gasteiger partial charge is 0.495 e. The van der Waals surface area contributed by atoms with Crippen molar-refractivity contribution in [1.29, 1.82) is 0 Å². The summed E-state index contributed by atoms with van der Waals surface area (Å²) in [7, 11) is 4.66. The number of allylic oxidation sites excluding steroid dienone is 1. The molecular formula is C21H21BrN6O4. The maximum absolute atomic E-state index is 13.5. The van der Waals surface area contributed by atoms with Crippen molar-refractivity contribution in [3.05, 3.63) is 57.7 Å². The molecule has 2 N–H and O–H groups in total. The number of aromatic nitrogens is 4. The summed E-state index contributed by atoms with van der Waals surface area (Å²) < 4.78 is 18.5. The summed E-state index contributed by atoms with van der Waals surface area (Å²) in [6.07, 6.45) is 0. The zero-order valence-electron chi connectivity index (χ0n) is 17.8. The van der Waals surface area contributed by atoms with E-state index < -0.39 is 6.04 Å². The molecule has 0 saturated carbocycles. The Bertz CT molecular complexity index is 1210. The molecule has 2 aromatic carbocycles. The number of rotatable bonds is 6. The molecule has 0 aliphatic carbocycles. The quantitative estimate of drug-likeness (QED) is 0.529. The smallest absolute Gasteiger partial charge is 0.255 e. The lowest BCUT2D eigenvalue weighted by Crippen LogP contribution is -2.31. The number of halogens is 1. The zero-order chi connectivity index (χ0) is 22.8. The first-order valence-corrected chi connectivity index (χ1v) is 10.4. The Morgan fingerprint density at radius 1 is 1.12 bits per heavy atom. The number of para-hydroxylation sites is 2. The fraction of sp³-hybridized carbons (Fsp3) is 0.238. The molecule has 10 nitrogen and oxygen atoms in total. The third-order valence-corrected chi connectivity index (χ3v) is 5.67. The molecule has 0 fully saturated rings. The number of methoxy groups -OCH3 is 3. The molecule has 2 heterocycles. The number of carbonyl (C=O) groups excluding carboxylic acids is 1. The summed E-state index contributed by atoms with van der Waals surface area (Å²) >= 11 is 3.53. The van der Waals surface area contributed by atoms with Gasteiger partial charge in [-0.1, -0.05) is 17.2 Å². The van der Waals surface area contributed by atoms with Gasteiger partial charge in [0.1, 0.15) is 11.8 Å². The van der Waals surface area contributed by atoms with E-state index in [-0.39, 0.29) is 5.91 Å². The number of carbonyl (C=O) groups is 1. The highest BCUT2D eigenvalue weighted by Crippen LogP contribution is 2.42. The number of amides is 1. The number of benzene rings is 2. The number of ether oxygens (including phenoxy) is 3. The SMILES string of the molecule is COc1ccccc1NC(=O)C1=C(C)Nc2nnnn2C1c1cc(Br)c(OC)c(OC)c1. The molecule has 1 aliphatic rings. The van der Waals surface area contributed by atoms with Crippen LogP contribution in [0.1, 0.15) is 18.5 Å². The fourth-order valence-electron chi connectivity index (χ4n) is 3.65. The molecule has 1 amide bonds. The normalized spacial score (nSPS) is 15.0. The molecule has 0 bridgehead atoms. The molecule has 3 aromatic rings. The van der Waals surface area contributed by atoms with Gasteiger partial charge in [-0.15, -0.1) is 0 Å². The molecule has 166 valence electrons. The number of hydrogen-bond donors (Lipinski definition) is 2. The van der Waals surface area contributed by atoms with Crippen LogP contribution in [-0.2, 0) is 4.79 Å². The van der Waals surface area contributed by atoms with E-state index in [1.165, 1.54) is 0 Å². The maximum Gasteiger partial charge on any atom is 0.255 e. The van der Waals surface area contributed by atoms with Crippen molar-refractivity contribution in [2.75, 3.05) is 32.0 Å². The molecule has 1 aliphatic heterocycles. The Labute approximate surface area is 192 Å². The molecule has 1 unspecified atom stereocenters. The van der Waals surface area contributed by atoms with Gasteiger partial charge >= 0.3 is 0 Å². The molecule has 4 rings (SSSR count). The third-order valence-electron chi connectivity index (χ3n) is 5.09. The summed E-state index contributed by atoms with van der Waals surface area (Å²) in [6, 6.07) is 10.2. The average molecular weight is 501 g/mol. The van der Waals surface area contributed by atoms with Crippen molar-refractivity contribution in [3.8, 4) is 17.2 Å². The van der Waals surface area contributed by atoms with Crippen LogP contribution in [0.3, 0.4) is 0 Å². The van der Waals surface area contributed by atoms with Gasteiger partial charge in [0.2, 0.25) is 5.95 Å². The molecule has 0 saturated heterocycles. The standard InChI is InChI=1S/C21H21BrN6O4/c1-11-17(20(29)24-14-7-5-6-8-15(14)30-2)18(28-21(23-11)25-26-27-28)12-9-13(22)19(32-4)16(10-12)31-3/h5-10,18H,1-4H3,(H,24,29)(H,23,25,27). The molecule has 11 heteroatoms. The Kier molecular flexibility index (Phi) is 5.99. The van der Waals surface area contributed by atoms with Crippen molar-refractivity contribution in [3.63, 3.8) is 0 Å². The maximum atomic E-state index is 13.5. The first-order valence-electron chi connectivity index (χ1n) is 9.60. The summed E-state index contributed by atoms with van der Waals surface area (Å²) in [5, 5.41) is 17.9. The topological polar surface area (TPSA) is 112 Å². The van der Waals surface area contributed by atoms with Crippen molar-refractivity contribution in [2.24, 2.45) is 0 Å². The van der Waals surface area contributed by atoms with E-state index in [0.717, 1.165) is 5.56 Å². The van der Waals surface area contributed by atoms with Crippen LogP contribution in [0.2, 0.25) is 0 Å². The van der Waals surface area contributed by atoms with E-state index in [1.807, 2.05) is 18.2 Å². The van der Waals surface area contributed by atoms with Gasteiger partial charge in [0.15, 0.2) is 11.5 Å². The minimum atomic E-state index is -0.618. The van der Waals surface area contributed by atoms with Gasteiger partial charge in [-0.2, -0.15) is 4.68 Å². The predicted molar refractivity (Wildman–Crippen MR) is 121 cm³/mol. The number of hydrogen-bond acceptors (Lipinski definition) is 8. The lowest BCUT2D eigenvalue weighted by molar-refractivity contribution is -0.113. The minimum Gasteiger partial charge on any atom is -0.495 e. The van der Waals surface area contributed by atoms with Crippen molar-refractivity contribution in [2.45, 2.75) is 13.0 Å². The van der Waals surface area contributed by atoms with Gasteiger partial charge in [0.05, 0.1) is 37.1 Å². The van der Waals surface area contributed by atoms with Gasteiger partial charge in [0, 0.05) is 5.70 Å². The van der Waals surface area contributed by atoms with Crippen LogP contribution in [0, 0.1) is 0 Å². The highest BCUT2D eigenvalue weighted by atomic mass is 79.9. The van der Waals surface area contributed by atoms with Crippen LogP contribution in [-0.4, -0.2) is 47.4 Å². The number of tetrazole rings is 1. The van der Waals surface area contributed by atoms with E-state index in [1.54, 1.807) is 51.1 Å². The summed E-state index contributed by atoms with van der Waals surface area (Å²) in [4.78, 5) is 13.5. The molecule has 0 spiro atoms. The number of nitrogens with zero attached hydrogens (tertiary/aromatic N) is 4. The van der Waals surface area contributed by atoms with Gasteiger partial charge in [-0.3, -0.25) is 4.79 Å². The van der Waals surface area contributed by atoms with Gasteiger partial charge in [-0.05, 0) is 63.1 Å². The van der Waals surface area contributed by atoms with Crippen LogP contribution in [0.25, 0.3) is 0 Å². The molecule has 32 heavy (non-hydrogen) atoms. The first kappa shape index (κ1) is 21.6. The predicted octanol–water partition coefficient (Wildman–Crippen LogP) is 3.39. The number of anilines is 2. The molecule has 1 atom stereocenters. The average Bonchev–Trinajstić information content (AvgIpc) is 3.25. The summed E-state index contributed by atoms with van der Waals surface area (Å²) in [6.45, 7) is 1.80. The third kappa shape index (κ3) is 3.75. The zero-order valence-corrected chi connectivity index (χ0v) is 19.4. The highest BCUT2D eigenvalue weighted by Gasteiger charge is 2.35. The van der Waals surface area contributed by atoms with Crippen LogP contribution < -0.4 is 24.8 Å². The number of fused-ring (bicyclic) bond motifs is 1. The van der Waals surface area contributed by atoms with E-state index in [4.69, 9.17) is 14.2 Å². The first-order chi connectivity index (χ1) is 15.5. The Hall–Kier alpha value is -3.60. The van der Waals surface area contributed by atoms with E-state index >= 15 is 0 Å².